The molecule has 1 atom stereocenters. The summed E-state index contributed by atoms with van der Waals surface area (Å²) in [7, 11) is 0. The van der Waals surface area contributed by atoms with Crippen LogP contribution in [-0.2, 0) is 11.3 Å². The number of carbonyl (C=O) groups is 1. The molecule has 1 amide bonds. The molecule has 1 unspecified atom stereocenters. The quantitative estimate of drug-likeness (QED) is 0.485. The SMILES string of the molecule is NC(=O)C1=C(NCc2ccc(O)cc2)N=NC1Nc1ccc(-c2ccccn2)cc1. The van der Waals surface area contributed by atoms with Gasteiger partial charge in [-0.1, -0.05) is 30.3 Å². The molecule has 5 N–H and O–H groups in total. The second-order valence-corrected chi connectivity index (χ2v) is 6.70. The van der Waals surface area contributed by atoms with Crippen LogP contribution >= 0.6 is 0 Å². The molecule has 0 saturated heterocycles. The van der Waals surface area contributed by atoms with E-state index in [2.05, 4.69) is 25.8 Å². The van der Waals surface area contributed by atoms with Crippen LogP contribution < -0.4 is 16.4 Å². The number of nitrogens with two attached hydrogens (primary N) is 1. The molecule has 0 bridgehead atoms. The lowest BCUT2D eigenvalue weighted by molar-refractivity contribution is -0.114. The van der Waals surface area contributed by atoms with E-state index in [1.165, 1.54) is 0 Å². The second kappa shape index (κ2) is 8.44. The summed E-state index contributed by atoms with van der Waals surface area (Å²) in [6.45, 7) is 0.414. The Morgan fingerprint density at radius 1 is 1.03 bits per heavy atom. The summed E-state index contributed by atoms with van der Waals surface area (Å²) in [5, 5.41) is 23.9. The van der Waals surface area contributed by atoms with Crippen molar-refractivity contribution in [3.8, 4) is 17.0 Å². The number of nitrogens with zero attached hydrogens (tertiary/aromatic N) is 3. The Hall–Kier alpha value is -4.20. The van der Waals surface area contributed by atoms with Crippen molar-refractivity contribution in [1.82, 2.24) is 10.3 Å². The molecular weight excluding hydrogens is 380 g/mol. The predicted molar refractivity (Wildman–Crippen MR) is 113 cm³/mol. The topological polar surface area (TPSA) is 125 Å². The van der Waals surface area contributed by atoms with Crippen molar-refractivity contribution in [2.75, 3.05) is 5.32 Å². The average molecular weight is 400 g/mol. The maximum absolute atomic E-state index is 12.0. The number of amides is 1. The summed E-state index contributed by atoms with van der Waals surface area (Å²) in [5.41, 5.74) is 9.40. The van der Waals surface area contributed by atoms with Crippen molar-refractivity contribution in [2.45, 2.75) is 12.7 Å². The molecule has 0 radical (unpaired) electrons. The van der Waals surface area contributed by atoms with Gasteiger partial charge in [-0.15, -0.1) is 5.11 Å². The molecular formula is C22H20N6O2. The van der Waals surface area contributed by atoms with Crippen molar-refractivity contribution < 1.29 is 9.90 Å². The number of rotatable bonds is 7. The zero-order valence-corrected chi connectivity index (χ0v) is 16.0. The standard InChI is InChI=1S/C22H20N6O2/c23-20(30)19-21(25-13-14-4-10-17(29)11-5-14)27-28-22(19)26-16-8-6-15(7-9-16)18-3-1-2-12-24-18/h1-12,22,25-26,29H,13H2,(H2,23,30). The number of phenols is 1. The van der Waals surface area contributed by atoms with Gasteiger partial charge in [0.15, 0.2) is 12.0 Å². The first-order valence-electron chi connectivity index (χ1n) is 9.35. The zero-order chi connectivity index (χ0) is 20.9. The molecule has 2 heterocycles. The van der Waals surface area contributed by atoms with Crippen molar-refractivity contribution in [2.24, 2.45) is 16.0 Å². The lowest BCUT2D eigenvalue weighted by Crippen LogP contribution is -2.29. The van der Waals surface area contributed by atoms with E-state index in [0.29, 0.717) is 12.4 Å². The number of carbonyl (C=O) groups excluding carboxylic acids is 1. The Morgan fingerprint density at radius 2 is 1.80 bits per heavy atom. The maximum Gasteiger partial charge on any atom is 0.252 e. The fourth-order valence-corrected chi connectivity index (χ4v) is 3.07. The Labute approximate surface area is 173 Å². The van der Waals surface area contributed by atoms with Crippen LogP contribution in [-0.4, -0.2) is 22.2 Å². The van der Waals surface area contributed by atoms with E-state index < -0.39 is 12.1 Å². The van der Waals surface area contributed by atoms with Gasteiger partial charge in [-0.3, -0.25) is 9.78 Å². The second-order valence-electron chi connectivity index (χ2n) is 6.70. The van der Waals surface area contributed by atoms with Crippen LogP contribution in [0.1, 0.15) is 5.56 Å². The minimum atomic E-state index is -0.675. The molecule has 150 valence electrons. The molecule has 3 aromatic rings. The van der Waals surface area contributed by atoms with Crippen LogP contribution in [0.3, 0.4) is 0 Å². The fourth-order valence-electron chi connectivity index (χ4n) is 3.07. The van der Waals surface area contributed by atoms with Gasteiger partial charge in [0.05, 0.1) is 5.69 Å². The third kappa shape index (κ3) is 4.27. The molecule has 0 saturated carbocycles. The number of phenolic OH excluding ortho intramolecular Hbond substituents is 1. The summed E-state index contributed by atoms with van der Waals surface area (Å²) in [5.74, 6) is -0.0799. The number of benzene rings is 2. The molecule has 8 nitrogen and oxygen atoms in total. The molecule has 8 heteroatoms. The van der Waals surface area contributed by atoms with Gasteiger partial charge in [0.25, 0.3) is 5.91 Å². The largest absolute Gasteiger partial charge is 0.508 e. The highest BCUT2D eigenvalue weighted by Gasteiger charge is 2.28. The summed E-state index contributed by atoms with van der Waals surface area (Å²) in [6, 6.07) is 20.1. The minimum absolute atomic E-state index is 0.190. The smallest absolute Gasteiger partial charge is 0.252 e. The first kappa shape index (κ1) is 19.1. The van der Waals surface area contributed by atoms with Gasteiger partial charge in [-0.25, -0.2) is 0 Å². The zero-order valence-electron chi connectivity index (χ0n) is 16.0. The highest BCUT2D eigenvalue weighted by Crippen LogP contribution is 2.25. The van der Waals surface area contributed by atoms with Crippen LogP contribution in [0.5, 0.6) is 5.75 Å². The van der Waals surface area contributed by atoms with Gasteiger partial charge >= 0.3 is 0 Å². The molecule has 1 aliphatic rings. The minimum Gasteiger partial charge on any atom is -0.508 e. The third-order valence-corrected chi connectivity index (χ3v) is 4.61. The van der Waals surface area contributed by atoms with Crippen LogP contribution in [0.2, 0.25) is 0 Å². The van der Waals surface area contributed by atoms with E-state index in [1.54, 1.807) is 30.5 Å². The molecule has 30 heavy (non-hydrogen) atoms. The van der Waals surface area contributed by atoms with Crippen molar-refractivity contribution in [1.29, 1.82) is 0 Å². The Kier molecular flexibility index (Phi) is 5.38. The van der Waals surface area contributed by atoms with Crippen LogP contribution in [0.15, 0.2) is 94.5 Å². The molecule has 0 aliphatic carbocycles. The Morgan fingerprint density at radius 3 is 2.47 bits per heavy atom. The Balaban J connectivity index is 1.46. The summed E-state index contributed by atoms with van der Waals surface area (Å²) in [4.78, 5) is 16.4. The molecule has 4 rings (SSSR count). The van der Waals surface area contributed by atoms with Gasteiger partial charge in [-0.05, 0) is 42.0 Å². The lowest BCUT2D eigenvalue weighted by atomic mass is 10.1. The molecule has 0 fully saturated rings. The molecule has 2 aromatic carbocycles. The first-order chi connectivity index (χ1) is 14.6. The van der Waals surface area contributed by atoms with E-state index in [4.69, 9.17) is 5.73 Å². The number of aromatic nitrogens is 1. The summed E-state index contributed by atoms with van der Waals surface area (Å²) in [6.07, 6.45) is 1.07. The van der Waals surface area contributed by atoms with E-state index in [1.807, 2.05) is 42.5 Å². The van der Waals surface area contributed by atoms with E-state index >= 15 is 0 Å². The number of anilines is 1. The lowest BCUT2D eigenvalue weighted by Gasteiger charge is -2.14. The highest BCUT2D eigenvalue weighted by molar-refractivity contribution is 5.94. The normalized spacial score (nSPS) is 15.3. The van der Waals surface area contributed by atoms with Crippen LogP contribution in [0.25, 0.3) is 11.3 Å². The monoisotopic (exact) mass is 400 g/mol. The predicted octanol–water partition coefficient (Wildman–Crippen LogP) is 3.14. The molecule has 1 aromatic heterocycles. The number of aromatic hydroxyl groups is 1. The first-order valence-corrected chi connectivity index (χ1v) is 9.35. The number of hydrogen-bond donors (Lipinski definition) is 4. The van der Waals surface area contributed by atoms with Crippen molar-refractivity contribution in [3.63, 3.8) is 0 Å². The van der Waals surface area contributed by atoms with Gasteiger partial charge in [0.2, 0.25) is 0 Å². The van der Waals surface area contributed by atoms with Crippen molar-refractivity contribution >= 4 is 11.6 Å². The number of azo groups is 1. The number of pyridine rings is 1. The maximum atomic E-state index is 12.0. The van der Waals surface area contributed by atoms with Crippen LogP contribution in [0.4, 0.5) is 5.69 Å². The average Bonchev–Trinajstić information content (AvgIpc) is 3.17. The van der Waals surface area contributed by atoms with Crippen LogP contribution in [0, 0.1) is 0 Å². The van der Waals surface area contributed by atoms with E-state index in [-0.39, 0.29) is 11.3 Å². The number of hydrogen-bond acceptors (Lipinski definition) is 7. The van der Waals surface area contributed by atoms with Gasteiger partial charge in [0.1, 0.15) is 11.3 Å². The van der Waals surface area contributed by atoms with E-state index in [9.17, 15) is 9.90 Å². The van der Waals surface area contributed by atoms with Crippen molar-refractivity contribution in [3.05, 3.63) is 89.9 Å². The fraction of sp³-hybridized carbons (Fsp3) is 0.0909. The number of nitrogens with one attached hydrogen (secondary N) is 2. The van der Waals surface area contributed by atoms with Gasteiger partial charge in [-0.2, -0.15) is 5.11 Å². The number of primary amides is 1. The summed E-state index contributed by atoms with van der Waals surface area (Å²) >= 11 is 0. The summed E-state index contributed by atoms with van der Waals surface area (Å²) < 4.78 is 0. The van der Waals surface area contributed by atoms with Gasteiger partial charge in [0, 0.05) is 24.0 Å². The highest BCUT2D eigenvalue weighted by atomic mass is 16.3. The van der Waals surface area contributed by atoms with E-state index in [0.717, 1.165) is 22.5 Å². The van der Waals surface area contributed by atoms with Gasteiger partial charge < -0.3 is 21.5 Å². The Bertz CT molecular complexity index is 1090. The molecule has 0 spiro atoms. The third-order valence-electron chi connectivity index (χ3n) is 4.61. The molecule has 1 aliphatic heterocycles.